The minimum Gasteiger partial charge on any atom is -0.317 e. The van der Waals surface area contributed by atoms with E-state index in [1.807, 2.05) is 0 Å². The molecule has 0 bridgehead atoms. The van der Waals surface area contributed by atoms with Crippen LogP contribution in [0, 0.1) is 17.2 Å². The number of nitrogens with zero attached hydrogens (tertiary/aromatic N) is 2. The van der Waals surface area contributed by atoms with Crippen LogP contribution in [0.25, 0.3) is 0 Å². The van der Waals surface area contributed by atoms with E-state index in [2.05, 4.69) is 23.3 Å². The molecule has 0 aromatic rings. The topological polar surface area (TPSA) is 39.1 Å². The van der Waals surface area contributed by atoms with Crippen LogP contribution in [0.3, 0.4) is 0 Å². The van der Waals surface area contributed by atoms with Gasteiger partial charge in [0.1, 0.15) is 0 Å². The number of hydrogen-bond acceptors (Lipinski definition) is 3. The molecule has 0 aromatic heterocycles. The first kappa shape index (κ1) is 12.5. The highest BCUT2D eigenvalue weighted by Gasteiger charge is 2.15. The molecular weight excluding hydrogens is 186 g/mol. The summed E-state index contributed by atoms with van der Waals surface area (Å²) in [6, 6.07) is 2.17. The van der Waals surface area contributed by atoms with Crippen molar-refractivity contribution in [3.63, 3.8) is 0 Å². The van der Waals surface area contributed by atoms with Crippen molar-refractivity contribution in [1.82, 2.24) is 10.2 Å². The summed E-state index contributed by atoms with van der Waals surface area (Å²) >= 11 is 0. The van der Waals surface area contributed by atoms with Gasteiger partial charge in [-0.1, -0.05) is 0 Å². The van der Waals surface area contributed by atoms with E-state index in [0.717, 1.165) is 25.4 Å². The zero-order chi connectivity index (χ0) is 10.9. The molecular formula is C12H23N3. The summed E-state index contributed by atoms with van der Waals surface area (Å²) in [4.78, 5) is 2.41. The van der Waals surface area contributed by atoms with Crippen LogP contribution in [0.1, 0.15) is 32.1 Å². The molecule has 0 aromatic carbocycles. The average Bonchev–Trinajstić information content (AvgIpc) is 2.26. The Morgan fingerprint density at radius 2 is 2.07 bits per heavy atom. The Morgan fingerprint density at radius 1 is 1.33 bits per heavy atom. The lowest BCUT2D eigenvalue weighted by Gasteiger charge is -2.28. The van der Waals surface area contributed by atoms with Crippen LogP contribution < -0.4 is 5.32 Å². The van der Waals surface area contributed by atoms with Gasteiger partial charge in [0.15, 0.2) is 0 Å². The number of nitriles is 1. The molecule has 1 aliphatic heterocycles. The highest BCUT2D eigenvalue weighted by molar-refractivity contribution is 4.71. The Morgan fingerprint density at radius 3 is 2.73 bits per heavy atom. The Balaban J connectivity index is 1.90. The van der Waals surface area contributed by atoms with Crippen LogP contribution in [-0.2, 0) is 0 Å². The largest absolute Gasteiger partial charge is 0.317 e. The fraction of sp³-hybridized carbons (Fsp3) is 0.917. The second-order valence-corrected chi connectivity index (χ2v) is 4.55. The van der Waals surface area contributed by atoms with Gasteiger partial charge in [-0.05, 0) is 64.8 Å². The lowest BCUT2D eigenvalue weighted by molar-refractivity contribution is 0.211. The molecule has 0 saturated carbocycles. The summed E-state index contributed by atoms with van der Waals surface area (Å²) in [5.41, 5.74) is 0. The molecule has 0 unspecified atom stereocenters. The number of piperidine rings is 1. The normalized spacial score (nSPS) is 18.9. The molecule has 3 heteroatoms. The predicted molar refractivity (Wildman–Crippen MR) is 62.6 cm³/mol. The van der Waals surface area contributed by atoms with Crippen LogP contribution in [0.5, 0.6) is 0 Å². The second kappa shape index (κ2) is 7.67. The fourth-order valence-corrected chi connectivity index (χ4v) is 2.07. The first-order valence-corrected chi connectivity index (χ1v) is 6.09. The van der Waals surface area contributed by atoms with Crippen molar-refractivity contribution < 1.29 is 0 Å². The molecule has 0 spiro atoms. The summed E-state index contributed by atoms with van der Waals surface area (Å²) < 4.78 is 0. The molecule has 0 aliphatic carbocycles. The zero-order valence-corrected chi connectivity index (χ0v) is 9.84. The van der Waals surface area contributed by atoms with E-state index in [0.29, 0.717) is 6.42 Å². The van der Waals surface area contributed by atoms with Crippen molar-refractivity contribution in [3.8, 4) is 6.07 Å². The molecule has 1 rings (SSSR count). The third-order valence-electron chi connectivity index (χ3n) is 3.21. The molecule has 0 amide bonds. The van der Waals surface area contributed by atoms with Gasteiger partial charge in [-0.2, -0.15) is 5.26 Å². The minimum absolute atomic E-state index is 0.682. The molecule has 1 aliphatic rings. The summed E-state index contributed by atoms with van der Waals surface area (Å²) in [5.74, 6) is 0.921. The van der Waals surface area contributed by atoms with E-state index >= 15 is 0 Å². The van der Waals surface area contributed by atoms with Crippen LogP contribution >= 0.6 is 0 Å². The van der Waals surface area contributed by atoms with E-state index in [1.165, 1.54) is 32.4 Å². The maximum absolute atomic E-state index is 8.37. The Labute approximate surface area is 93.5 Å². The molecule has 1 N–H and O–H groups in total. The number of rotatable bonds is 6. The molecule has 1 saturated heterocycles. The first-order valence-electron chi connectivity index (χ1n) is 6.09. The number of nitrogens with one attached hydrogen (secondary N) is 1. The second-order valence-electron chi connectivity index (χ2n) is 4.55. The van der Waals surface area contributed by atoms with Crippen LogP contribution in [0.15, 0.2) is 0 Å². The van der Waals surface area contributed by atoms with Crippen molar-refractivity contribution in [1.29, 1.82) is 5.26 Å². The standard InChI is InChI=1S/C12H23N3/c1-15-10-5-12(6-11-15)4-9-14-8-3-2-7-13/h12,14H,2-6,8-11H2,1H3. The quantitative estimate of drug-likeness (QED) is 0.676. The Bertz CT molecular complexity index is 190. The summed E-state index contributed by atoms with van der Waals surface area (Å²) in [5, 5.41) is 11.8. The SMILES string of the molecule is CN1CCC(CCNCCCC#N)CC1. The fourth-order valence-electron chi connectivity index (χ4n) is 2.07. The summed E-state index contributed by atoms with van der Waals surface area (Å²) in [7, 11) is 2.20. The molecule has 86 valence electrons. The number of unbranched alkanes of at least 4 members (excludes halogenated alkanes) is 1. The van der Waals surface area contributed by atoms with Gasteiger partial charge in [-0.25, -0.2) is 0 Å². The monoisotopic (exact) mass is 209 g/mol. The molecule has 15 heavy (non-hydrogen) atoms. The van der Waals surface area contributed by atoms with E-state index in [9.17, 15) is 0 Å². The minimum atomic E-state index is 0.682. The van der Waals surface area contributed by atoms with Crippen molar-refractivity contribution in [2.45, 2.75) is 32.1 Å². The van der Waals surface area contributed by atoms with E-state index in [-0.39, 0.29) is 0 Å². The van der Waals surface area contributed by atoms with Crippen molar-refractivity contribution in [3.05, 3.63) is 0 Å². The number of likely N-dealkylation sites (tertiary alicyclic amines) is 1. The molecule has 1 fully saturated rings. The smallest absolute Gasteiger partial charge is 0.0622 e. The molecule has 0 atom stereocenters. The molecule has 1 heterocycles. The van der Waals surface area contributed by atoms with Gasteiger partial charge in [0.25, 0.3) is 0 Å². The average molecular weight is 209 g/mol. The first-order chi connectivity index (χ1) is 7.33. The van der Waals surface area contributed by atoms with Crippen LogP contribution in [0.4, 0.5) is 0 Å². The third kappa shape index (κ3) is 5.76. The van der Waals surface area contributed by atoms with Crippen molar-refractivity contribution in [2.24, 2.45) is 5.92 Å². The van der Waals surface area contributed by atoms with E-state index < -0.39 is 0 Å². The predicted octanol–water partition coefficient (Wildman–Crippen LogP) is 1.61. The van der Waals surface area contributed by atoms with Gasteiger partial charge in [0.05, 0.1) is 6.07 Å². The number of hydrogen-bond donors (Lipinski definition) is 1. The molecule has 0 radical (unpaired) electrons. The van der Waals surface area contributed by atoms with Crippen molar-refractivity contribution >= 4 is 0 Å². The zero-order valence-electron chi connectivity index (χ0n) is 9.84. The van der Waals surface area contributed by atoms with E-state index in [1.54, 1.807) is 0 Å². The van der Waals surface area contributed by atoms with Gasteiger partial charge in [-0.15, -0.1) is 0 Å². The summed E-state index contributed by atoms with van der Waals surface area (Å²) in [6.07, 6.45) is 5.69. The van der Waals surface area contributed by atoms with Gasteiger partial charge in [-0.3, -0.25) is 0 Å². The lowest BCUT2D eigenvalue weighted by atomic mass is 9.94. The Hall–Kier alpha value is -0.590. The lowest BCUT2D eigenvalue weighted by Crippen LogP contribution is -2.31. The maximum atomic E-state index is 8.37. The Kier molecular flexibility index (Phi) is 6.38. The van der Waals surface area contributed by atoms with Gasteiger partial charge in [0.2, 0.25) is 0 Å². The van der Waals surface area contributed by atoms with Gasteiger partial charge in [0, 0.05) is 6.42 Å². The van der Waals surface area contributed by atoms with Crippen LogP contribution in [0.2, 0.25) is 0 Å². The van der Waals surface area contributed by atoms with Gasteiger partial charge < -0.3 is 10.2 Å². The van der Waals surface area contributed by atoms with Crippen molar-refractivity contribution in [2.75, 3.05) is 33.2 Å². The molecule has 3 nitrogen and oxygen atoms in total. The van der Waals surface area contributed by atoms with Gasteiger partial charge >= 0.3 is 0 Å². The third-order valence-corrected chi connectivity index (χ3v) is 3.21. The highest BCUT2D eigenvalue weighted by atomic mass is 15.1. The summed E-state index contributed by atoms with van der Waals surface area (Å²) in [6.45, 7) is 4.65. The highest BCUT2D eigenvalue weighted by Crippen LogP contribution is 2.18. The van der Waals surface area contributed by atoms with Crippen LogP contribution in [-0.4, -0.2) is 38.1 Å². The maximum Gasteiger partial charge on any atom is 0.0622 e. The van der Waals surface area contributed by atoms with E-state index in [4.69, 9.17) is 5.26 Å².